The number of nitrogens with one attached hydrogen (secondary N) is 1. The summed E-state index contributed by atoms with van der Waals surface area (Å²) in [6.45, 7) is 4.72. The zero-order valence-electron chi connectivity index (χ0n) is 22.8. The fourth-order valence-corrected chi connectivity index (χ4v) is 5.02. The van der Waals surface area contributed by atoms with E-state index in [1.807, 2.05) is 25.1 Å². The Hall–Kier alpha value is -5.19. The van der Waals surface area contributed by atoms with E-state index in [0.29, 0.717) is 35.9 Å². The fraction of sp³-hybridized carbons (Fsp3) is 0.194. The first-order valence-electron chi connectivity index (χ1n) is 13.5. The second-order valence-corrected chi connectivity index (χ2v) is 9.98. The molecule has 0 atom stereocenters. The minimum absolute atomic E-state index is 0.0927. The van der Waals surface area contributed by atoms with Gasteiger partial charge in [0.15, 0.2) is 5.65 Å². The number of rotatable bonds is 6. The molecule has 5 aromatic rings. The smallest absolute Gasteiger partial charge is 0.256 e. The zero-order chi connectivity index (χ0) is 29.2. The second-order valence-electron chi connectivity index (χ2n) is 9.98. The molecule has 2 aromatic carbocycles. The van der Waals surface area contributed by atoms with Crippen LogP contribution in [0, 0.1) is 18.6 Å². The lowest BCUT2D eigenvalue weighted by Gasteiger charge is -2.35. The summed E-state index contributed by atoms with van der Waals surface area (Å²) in [5, 5.41) is 3.38. The van der Waals surface area contributed by atoms with Crippen molar-refractivity contribution >= 4 is 28.7 Å². The van der Waals surface area contributed by atoms with E-state index in [2.05, 4.69) is 20.1 Å². The summed E-state index contributed by atoms with van der Waals surface area (Å²) in [5.74, 6) is -0.364. The second kappa shape index (κ2) is 11.4. The zero-order valence-corrected chi connectivity index (χ0v) is 22.8. The SMILES string of the molecule is Cc1nc(N2CCN(c3ccccn3)CC2)nc2c1ccc(=O)n2-c1ccc(C(=O)NCc2ccc(F)cc2F)cc1. The van der Waals surface area contributed by atoms with Crippen molar-refractivity contribution in [3.8, 4) is 5.69 Å². The van der Waals surface area contributed by atoms with E-state index in [1.165, 1.54) is 16.7 Å². The fourth-order valence-electron chi connectivity index (χ4n) is 5.02. The van der Waals surface area contributed by atoms with Crippen molar-refractivity contribution in [1.82, 2.24) is 24.8 Å². The molecule has 1 saturated heterocycles. The maximum Gasteiger partial charge on any atom is 0.256 e. The van der Waals surface area contributed by atoms with Crippen LogP contribution in [0.15, 0.2) is 83.8 Å². The largest absolute Gasteiger partial charge is 0.353 e. The third-order valence-corrected chi connectivity index (χ3v) is 7.31. The first kappa shape index (κ1) is 27.0. The van der Waals surface area contributed by atoms with Crippen LogP contribution in [0.2, 0.25) is 0 Å². The Morgan fingerprint density at radius 1 is 0.905 bits per heavy atom. The van der Waals surface area contributed by atoms with Crippen LogP contribution in [0.5, 0.6) is 0 Å². The van der Waals surface area contributed by atoms with E-state index in [4.69, 9.17) is 9.97 Å². The van der Waals surface area contributed by atoms with Crippen molar-refractivity contribution in [2.75, 3.05) is 36.0 Å². The highest BCUT2D eigenvalue weighted by molar-refractivity contribution is 5.94. The van der Waals surface area contributed by atoms with Gasteiger partial charge in [-0.05, 0) is 55.5 Å². The first-order valence-corrected chi connectivity index (χ1v) is 13.5. The molecule has 0 saturated carbocycles. The Labute approximate surface area is 240 Å². The molecule has 0 bridgehead atoms. The standard InChI is InChI=1S/C31H27F2N7O2/c1-20-25-11-12-28(41)40(24-9-6-21(7-10-24)30(42)35-19-22-5-8-23(32)18-26(22)33)29(25)37-31(36-20)39-16-14-38(15-17-39)27-4-2-3-13-34-27/h2-13,18H,14-17,19H2,1H3,(H,35,42). The number of fused-ring (bicyclic) bond motifs is 1. The van der Waals surface area contributed by atoms with Crippen molar-refractivity contribution in [2.45, 2.75) is 13.5 Å². The van der Waals surface area contributed by atoms with E-state index in [9.17, 15) is 18.4 Å². The maximum atomic E-state index is 13.9. The molecule has 6 rings (SSSR count). The van der Waals surface area contributed by atoms with Gasteiger partial charge in [-0.25, -0.2) is 18.7 Å². The molecule has 1 N–H and O–H groups in total. The number of carbonyl (C=O) groups excluding carboxylic acids is 1. The van der Waals surface area contributed by atoms with Gasteiger partial charge in [-0.1, -0.05) is 12.1 Å². The van der Waals surface area contributed by atoms with Gasteiger partial charge in [0.05, 0.1) is 11.4 Å². The number of amides is 1. The van der Waals surface area contributed by atoms with Gasteiger partial charge in [0.25, 0.3) is 11.5 Å². The van der Waals surface area contributed by atoms with E-state index in [-0.39, 0.29) is 17.7 Å². The molecule has 1 aliphatic heterocycles. The summed E-state index contributed by atoms with van der Waals surface area (Å²) in [6.07, 6.45) is 1.78. The van der Waals surface area contributed by atoms with Gasteiger partial charge in [0.2, 0.25) is 5.95 Å². The Morgan fingerprint density at radius 2 is 1.67 bits per heavy atom. The number of hydrogen-bond donors (Lipinski definition) is 1. The van der Waals surface area contributed by atoms with Crippen LogP contribution >= 0.6 is 0 Å². The van der Waals surface area contributed by atoms with Gasteiger partial charge in [-0.15, -0.1) is 0 Å². The topological polar surface area (TPSA) is 96.2 Å². The lowest BCUT2D eigenvalue weighted by molar-refractivity contribution is 0.0950. The molecule has 0 aliphatic carbocycles. The van der Waals surface area contributed by atoms with Gasteiger partial charge in [0, 0.05) is 67.6 Å². The third kappa shape index (κ3) is 5.40. The number of aromatic nitrogens is 4. The summed E-state index contributed by atoms with van der Waals surface area (Å²) in [4.78, 5) is 44.1. The lowest BCUT2D eigenvalue weighted by Crippen LogP contribution is -2.47. The molecule has 0 spiro atoms. The van der Waals surface area contributed by atoms with E-state index < -0.39 is 17.5 Å². The molecule has 0 radical (unpaired) electrons. The molecular weight excluding hydrogens is 540 g/mol. The summed E-state index contributed by atoms with van der Waals surface area (Å²) < 4.78 is 28.6. The minimum Gasteiger partial charge on any atom is -0.353 e. The van der Waals surface area contributed by atoms with Crippen molar-refractivity contribution in [1.29, 1.82) is 0 Å². The normalized spacial score (nSPS) is 13.4. The minimum atomic E-state index is -0.729. The summed E-state index contributed by atoms with van der Waals surface area (Å²) in [7, 11) is 0. The van der Waals surface area contributed by atoms with E-state index in [0.717, 1.165) is 42.1 Å². The molecule has 1 aliphatic rings. The highest BCUT2D eigenvalue weighted by atomic mass is 19.1. The van der Waals surface area contributed by atoms with Gasteiger partial charge in [-0.2, -0.15) is 4.98 Å². The number of anilines is 2. The number of nitrogens with zero attached hydrogens (tertiary/aromatic N) is 6. The van der Waals surface area contributed by atoms with Gasteiger partial charge < -0.3 is 15.1 Å². The number of carbonyl (C=O) groups is 1. The van der Waals surface area contributed by atoms with Crippen LogP contribution < -0.4 is 20.7 Å². The number of pyridine rings is 2. The molecule has 11 heteroatoms. The predicted molar refractivity (Wildman–Crippen MR) is 156 cm³/mol. The molecule has 1 fully saturated rings. The monoisotopic (exact) mass is 567 g/mol. The van der Waals surface area contributed by atoms with Crippen LogP contribution in [-0.4, -0.2) is 51.6 Å². The highest BCUT2D eigenvalue weighted by Gasteiger charge is 2.22. The molecule has 3 aromatic heterocycles. The van der Waals surface area contributed by atoms with Crippen molar-refractivity contribution < 1.29 is 13.6 Å². The molecule has 1 amide bonds. The van der Waals surface area contributed by atoms with Crippen LogP contribution in [0.3, 0.4) is 0 Å². The van der Waals surface area contributed by atoms with Crippen LogP contribution in [0.4, 0.5) is 20.5 Å². The molecule has 0 unspecified atom stereocenters. The molecule has 9 nitrogen and oxygen atoms in total. The first-order chi connectivity index (χ1) is 20.4. The van der Waals surface area contributed by atoms with E-state index >= 15 is 0 Å². The van der Waals surface area contributed by atoms with Gasteiger partial charge in [-0.3, -0.25) is 14.2 Å². The number of aryl methyl sites for hydroxylation is 1. The average Bonchev–Trinajstić information content (AvgIpc) is 3.01. The number of hydrogen-bond acceptors (Lipinski definition) is 7. The molecule has 212 valence electrons. The molecule has 4 heterocycles. The van der Waals surface area contributed by atoms with Gasteiger partial charge in [0.1, 0.15) is 17.5 Å². The number of piperazine rings is 1. The Bertz CT molecular complexity index is 1820. The Balaban J connectivity index is 1.24. The van der Waals surface area contributed by atoms with Crippen LogP contribution in [0.1, 0.15) is 21.6 Å². The van der Waals surface area contributed by atoms with Crippen LogP contribution in [0.25, 0.3) is 16.7 Å². The summed E-state index contributed by atoms with van der Waals surface area (Å²) in [5.41, 5.74) is 1.99. The number of halogens is 2. The molecular formula is C31H27F2N7O2. The highest BCUT2D eigenvalue weighted by Crippen LogP contribution is 2.23. The van der Waals surface area contributed by atoms with Gasteiger partial charge >= 0.3 is 0 Å². The lowest BCUT2D eigenvalue weighted by atomic mass is 10.1. The quantitative estimate of drug-likeness (QED) is 0.331. The summed E-state index contributed by atoms with van der Waals surface area (Å²) >= 11 is 0. The Morgan fingerprint density at radius 3 is 2.38 bits per heavy atom. The van der Waals surface area contributed by atoms with Crippen molar-refractivity contribution in [3.63, 3.8) is 0 Å². The Kier molecular flexibility index (Phi) is 7.30. The molecule has 42 heavy (non-hydrogen) atoms. The third-order valence-electron chi connectivity index (χ3n) is 7.31. The van der Waals surface area contributed by atoms with Crippen molar-refractivity contribution in [3.05, 3.63) is 118 Å². The predicted octanol–water partition coefficient (Wildman–Crippen LogP) is 4.02. The van der Waals surface area contributed by atoms with E-state index in [1.54, 1.807) is 36.5 Å². The number of benzene rings is 2. The summed E-state index contributed by atoms with van der Waals surface area (Å²) in [6, 6.07) is 18.8. The van der Waals surface area contributed by atoms with Crippen molar-refractivity contribution in [2.24, 2.45) is 0 Å². The van der Waals surface area contributed by atoms with Crippen LogP contribution in [-0.2, 0) is 6.54 Å². The maximum absolute atomic E-state index is 13.9. The average molecular weight is 568 g/mol.